The molecule has 0 aliphatic carbocycles. The van der Waals surface area contributed by atoms with Gasteiger partial charge in [0.1, 0.15) is 0 Å². The Balaban J connectivity index is 2.46. The second-order valence-electron chi connectivity index (χ2n) is 5.00. The zero-order valence-electron chi connectivity index (χ0n) is 12.8. The Hall–Kier alpha value is -2.68. The molecular formula is C21H20O. The Morgan fingerprint density at radius 3 is 2.55 bits per heavy atom. The predicted molar refractivity (Wildman–Crippen MR) is 93.3 cm³/mol. The third-order valence-corrected chi connectivity index (χ3v) is 3.24. The van der Waals surface area contributed by atoms with Gasteiger partial charge in [-0.25, -0.2) is 0 Å². The molecule has 110 valence electrons. The minimum absolute atomic E-state index is 0.112. The monoisotopic (exact) mass is 288 g/mol. The Morgan fingerprint density at radius 2 is 1.77 bits per heavy atom. The normalized spacial score (nSPS) is 11.0. The van der Waals surface area contributed by atoms with E-state index in [4.69, 9.17) is 0 Å². The van der Waals surface area contributed by atoms with Gasteiger partial charge in [-0.1, -0.05) is 61.7 Å². The molecule has 0 aliphatic rings. The van der Waals surface area contributed by atoms with E-state index in [9.17, 15) is 5.11 Å². The summed E-state index contributed by atoms with van der Waals surface area (Å²) >= 11 is 0. The Kier molecular flexibility index (Phi) is 6.12. The van der Waals surface area contributed by atoms with Crippen LogP contribution in [0.2, 0.25) is 0 Å². The molecule has 0 unspecified atom stereocenters. The average Bonchev–Trinajstić information content (AvgIpc) is 2.58. The summed E-state index contributed by atoms with van der Waals surface area (Å²) < 4.78 is 0. The van der Waals surface area contributed by atoms with Gasteiger partial charge in [-0.05, 0) is 36.1 Å². The van der Waals surface area contributed by atoms with Crippen LogP contribution in [0, 0.1) is 11.8 Å². The highest BCUT2D eigenvalue weighted by Gasteiger charge is 1.91. The molecule has 0 saturated heterocycles. The van der Waals surface area contributed by atoms with Gasteiger partial charge in [-0.2, -0.15) is 0 Å². The number of aliphatic hydroxyl groups excluding tert-OH is 1. The summed E-state index contributed by atoms with van der Waals surface area (Å²) in [7, 11) is 0. The van der Waals surface area contributed by atoms with Crippen LogP contribution in [0.1, 0.15) is 31.7 Å². The van der Waals surface area contributed by atoms with Crippen molar-refractivity contribution in [3.63, 3.8) is 0 Å². The molecule has 0 spiro atoms. The molecule has 2 aromatic rings. The lowest BCUT2D eigenvalue weighted by Gasteiger charge is -1.91. The molecule has 0 saturated carbocycles. The van der Waals surface area contributed by atoms with Crippen LogP contribution in [0.15, 0.2) is 54.6 Å². The Bertz CT molecular complexity index is 813. The van der Waals surface area contributed by atoms with Gasteiger partial charge in [0.05, 0.1) is 0 Å². The van der Waals surface area contributed by atoms with E-state index in [-0.39, 0.29) is 5.76 Å². The standard InChI is InChI=1S/C21H20O/c1-2-3-4-8-15-21(22)20-14-10-9-13-19(20)17-16-18-11-6-5-7-12-18/h5-7,9-14,16,22H,2-4H2,1H3/b21-20+. The molecule has 1 N–H and O–H groups in total. The Morgan fingerprint density at radius 1 is 1.05 bits per heavy atom. The molecule has 0 radical (unpaired) electrons. The molecule has 2 rings (SSSR count). The summed E-state index contributed by atoms with van der Waals surface area (Å²) in [4.78, 5) is 0. The fourth-order valence-corrected chi connectivity index (χ4v) is 2.00. The zero-order valence-corrected chi connectivity index (χ0v) is 12.8. The van der Waals surface area contributed by atoms with Gasteiger partial charge in [0, 0.05) is 16.9 Å². The maximum Gasteiger partial charge on any atom is 0.175 e. The average molecular weight is 288 g/mol. The van der Waals surface area contributed by atoms with E-state index in [2.05, 4.69) is 24.5 Å². The lowest BCUT2D eigenvalue weighted by atomic mass is 10.2. The van der Waals surface area contributed by atoms with Crippen LogP contribution in [-0.2, 0) is 0 Å². The van der Waals surface area contributed by atoms with E-state index in [0.29, 0.717) is 0 Å². The van der Waals surface area contributed by atoms with E-state index in [1.54, 1.807) is 0 Å². The molecule has 0 aromatic heterocycles. The summed E-state index contributed by atoms with van der Waals surface area (Å²) in [6.07, 6.45) is 4.89. The fourth-order valence-electron chi connectivity index (χ4n) is 2.00. The second kappa shape index (κ2) is 8.57. The second-order valence-corrected chi connectivity index (χ2v) is 5.00. The molecule has 0 atom stereocenters. The van der Waals surface area contributed by atoms with Crippen molar-refractivity contribution in [1.82, 2.24) is 0 Å². The first-order valence-electron chi connectivity index (χ1n) is 7.60. The van der Waals surface area contributed by atoms with Crippen LogP contribution >= 0.6 is 0 Å². The molecule has 1 nitrogen and oxygen atoms in total. The van der Waals surface area contributed by atoms with E-state index >= 15 is 0 Å². The maximum absolute atomic E-state index is 10.2. The minimum atomic E-state index is 0.112. The number of hydrogen-bond donors (Lipinski definition) is 1. The van der Waals surface area contributed by atoms with Crippen molar-refractivity contribution in [2.75, 3.05) is 0 Å². The van der Waals surface area contributed by atoms with Crippen LogP contribution in [0.5, 0.6) is 0 Å². The summed E-state index contributed by atoms with van der Waals surface area (Å²) in [5, 5.41) is 11.7. The topological polar surface area (TPSA) is 20.2 Å². The molecule has 0 heterocycles. The Labute approximate surface area is 131 Å². The lowest BCUT2D eigenvalue weighted by molar-refractivity contribution is 0.515. The molecule has 0 bridgehead atoms. The van der Waals surface area contributed by atoms with Crippen LogP contribution in [-0.4, -0.2) is 5.11 Å². The highest BCUT2D eigenvalue weighted by Crippen LogP contribution is 1.98. The molecule has 0 fully saturated rings. The smallest absolute Gasteiger partial charge is 0.175 e. The fraction of sp³-hybridized carbons (Fsp3) is 0.190. The number of unbranched alkanes of at least 4 members (excludes halogenated alkanes) is 2. The molecule has 2 aromatic carbocycles. The van der Waals surface area contributed by atoms with Crippen molar-refractivity contribution < 1.29 is 5.11 Å². The molecule has 0 amide bonds. The van der Waals surface area contributed by atoms with Gasteiger partial charge in [0.2, 0.25) is 0 Å². The van der Waals surface area contributed by atoms with Crippen molar-refractivity contribution in [2.24, 2.45) is 0 Å². The largest absolute Gasteiger partial charge is 0.500 e. The molecule has 0 aliphatic heterocycles. The zero-order chi connectivity index (χ0) is 15.6. The van der Waals surface area contributed by atoms with Gasteiger partial charge in [-0.3, -0.25) is 0 Å². The van der Waals surface area contributed by atoms with Crippen molar-refractivity contribution in [3.8, 4) is 11.8 Å². The summed E-state index contributed by atoms with van der Waals surface area (Å²) in [6, 6.07) is 17.6. The summed E-state index contributed by atoms with van der Waals surface area (Å²) in [5.74, 6) is 5.96. The number of aliphatic hydroxyl groups is 1. The SMILES string of the molecule is CCCCC#C/C(O)=c1/ccccc1=C=Cc1ccccc1. The van der Waals surface area contributed by atoms with Crippen molar-refractivity contribution in [3.05, 3.63) is 70.6 Å². The molecule has 22 heavy (non-hydrogen) atoms. The highest BCUT2D eigenvalue weighted by molar-refractivity contribution is 5.61. The van der Waals surface area contributed by atoms with E-state index < -0.39 is 0 Å². The molecule has 1 heteroatoms. The number of rotatable bonds is 3. The van der Waals surface area contributed by atoms with Crippen LogP contribution in [0.4, 0.5) is 0 Å². The third-order valence-electron chi connectivity index (χ3n) is 3.24. The van der Waals surface area contributed by atoms with Gasteiger partial charge >= 0.3 is 0 Å². The van der Waals surface area contributed by atoms with Crippen molar-refractivity contribution in [1.29, 1.82) is 0 Å². The molecular weight excluding hydrogens is 268 g/mol. The van der Waals surface area contributed by atoms with Gasteiger partial charge in [-0.15, -0.1) is 5.73 Å². The van der Waals surface area contributed by atoms with E-state index in [0.717, 1.165) is 35.3 Å². The number of benzene rings is 2. The number of hydrogen-bond acceptors (Lipinski definition) is 1. The predicted octanol–water partition coefficient (Wildman–Crippen LogP) is 3.64. The van der Waals surface area contributed by atoms with Gasteiger partial charge in [0.25, 0.3) is 0 Å². The first-order chi connectivity index (χ1) is 10.8. The summed E-state index contributed by atoms with van der Waals surface area (Å²) in [5.41, 5.74) is 4.31. The van der Waals surface area contributed by atoms with E-state index in [1.807, 2.05) is 60.7 Å². The minimum Gasteiger partial charge on any atom is -0.500 e. The first-order valence-corrected chi connectivity index (χ1v) is 7.60. The highest BCUT2D eigenvalue weighted by atomic mass is 16.3. The van der Waals surface area contributed by atoms with Crippen LogP contribution < -0.4 is 10.4 Å². The van der Waals surface area contributed by atoms with Gasteiger partial charge in [0.15, 0.2) is 5.76 Å². The van der Waals surface area contributed by atoms with E-state index in [1.165, 1.54) is 0 Å². The van der Waals surface area contributed by atoms with Crippen LogP contribution in [0.3, 0.4) is 0 Å². The quantitative estimate of drug-likeness (QED) is 0.675. The maximum atomic E-state index is 10.2. The van der Waals surface area contributed by atoms with Crippen LogP contribution in [0.25, 0.3) is 17.6 Å². The lowest BCUT2D eigenvalue weighted by Crippen LogP contribution is -2.25. The summed E-state index contributed by atoms with van der Waals surface area (Å²) in [6.45, 7) is 2.13. The van der Waals surface area contributed by atoms with Gasteiger partial charge < -0.3 is 5.11 Å². The third kappa shape index (κ3) is 4.70. The van der Waals surface area contributed by atoms with Crippen molar-refractivity contribution in [2.45, 2.75) is 26.2 Å². The first kappa shape index (κ1) is 15.7. The van der Waals surface area contributed by atoms with Crippen molar-refractivity contribution >= 4 is 17.6 Å².